The molecule has 0 aliphatic rings. The third kappa shape index (κ3) is 8.54. The number of primary amides is 1. The number of hydrogen-bond acceptors (Lipinski definition) is 6. The van der Waals surface area contributed by atoms with Crippen LogP contribution in [0.2, 0.25) is 0 Å². The number of nitrogens with one attached hydrogen (secondary N) is 1. The molecule has 0 aromatic carbocycles. The Morgan fingerprint density at radius 1 is 1.13 bits per heavy atom. The smallest absolute Gasteiger partial charge is 0.305 e. The predicted octanol–water partition coefficient (Wildman–Crippen LogP) is -0.774. The Morgan fingerprint density at radius 2 is 1.70 bits per heavy atom. The van der Waals surface area contributed by atoms with E-state index in [1.807, 2.05) is 0 Å². The van der Waals surface area contributed by atoms with Gasteiger partial charge in [0, 0.05) is 19.3 Å². The van der Waals surface area contributed by atoms with Crippen LogP contribution in [0.3, 0.4) is 0 Å². The molecule has 9 nitrogen and oxygen atoms in total. The van der Waals surface area contributed by atoms with Gasteiger partial charge in [-0.2, -0.15) is 0 Å². The first-order chi connectivity index (χ1) is 10.5. The Morgan fingerprint density at radius 3 is 2.09 bits per heavy atom. The van der Waals surface area contributed by atoms with Crippen molar-refractivity contribution in [2.45, 2.75) is 39.7 Å². The fourth-order valence-electron chi connectivity index (χ4n) is 1.82. The van der Waals surface area contributed by atoms with Gasteiger partial charge in [-0.15, -0.1) is 0 Å². The predicted molar refractivity (Wildman–Crippen MR) is 78.0 cm³/mol. The number of carbonyl (C=O) groups is 5. The first-order valence-electron chi connectivity index (χ1n) is 7.01. The maximum atomic E-state index is 12.2. The summed E-state index contributed by atoms with van der Waals surface area (Å²) in [6.07, 6.45) is -0.880. The number of amides is 2. The summed E-state index contributed by atoms with van der Waals surface area (Å²) >= 11 is 0. The number of carboxylic acid groups (broad SMARTS) is 1. The van der Waals surface area contributed by atoms with E-state index in [2.05, 4.69) is 10.1 Å². The molecule has 0 aliphatic carbocycles. The van der Waals surface area contributed by atoms with Crippen molar-refractivity contribution in [1.82, 2.24) is 5.32 Å². The van der Waals surface area contributed by atoms with Gasteiger partial charge in [-0.25, -0.2) is 0 Å². The number of aliphatic carboxylic acids is 1. The maximum absolute atomic E-state index is 12.2. The molecule has 0 radical (unpaired) electrons. The monoisotopic (exact) mass is 330 g/mol. The molecule has 2 atom stereocenters. The molecule has 0 saturated carbocycles. The Hall–Kier alpha value is -2.45. The van der Waals surface area contributed by atoms with E-state index in [-0.39, 0.29) is 12.3 Å². The fraction of sp³-hybridized carbons (Fsp3) is 0.643. The number of esters is 1. The molecule has 9 heteroatoms. The number of ether oxygens (including phenoxy) is 1. The number of rotatable bonds is 10. The van der Waals surface area contributed by atoms with Crippen LogP contribution in [0.15, 0.2) is 0 Å². The Balaban J connectivity index is 5.01. The van der Waals surface area contributed by atoms with Crippen molar-refractivity contribution in [2.75, 3.05) is 6.61 Å². The van der Waals surface area contributed by atoms with Gasteiger partial charge in [-0.1, -0.05) is 13.8 Å². The third-order valence-electron chi connectivity index (χ3n) is 3.06. The summed E-state index contributed by atoms with van der Waals surface area (Å²) in [6.45, 7) is 3.84. The fourth-order valence-corrected chi connectivity index (χ4v) is 1.82. The highest BCUT2D eigenvalue weighted by molar-refractivity contribution is 5.94. The molecule has 0 aromatic heterocycles. The maximum Gasteiger partial charge on any atom is 0.305 e. The van der Waals surface area contributed by atoms with Crippen molar-refractivity contribution in [3.8, 4) is 0 Å². The minimum Gasteiger partial charge on any atom is -0.481 e. The van der Waals surface area contributed by atoms with Crippen LogP contribution >= 0.6 is 0 Å². The molecular weight excluding hydrogens is 308 g/mol. The van der Waals surface area contributed by atoms with Gasteiger partial charge >= 0.3 is 11.9 Å². The van der Waals surface area contributed by atoms with E-state index in [1.54, 1.807) is 13.8 Å². The summed E-state index contributed by atoms with van der Waals surface area (Å²) in [7, 11) is 0. The van der Waals surface area contributed by atoms with E-state index < -0.39 is 54.5 Å². The number of nitrogens with two attached hydrogens (primary N) is 1. The van der Waals surface area contributed by atoms with Gasteiger partial charge in [0.1, 0.15) is 6.04 Å². The second-order valence-electron chi connectivity index (χ2n) is 5.43. The molecule has 2 unspecified atom stereocenters. The molecule has 0 spiro atoms. The lowest BCUT2D eigenvalue weighted by atomic mass is 9.90. The zero-order chi connectivity index (χ0) is 18.2. The second kappa shape index (κ2) is 9.54. The zero-order valence-electron chi connectivity index (χ0n) is 13.3. The van der Waals surface area contributed by atoms with Crippen molar-refractivity contribution < 1.29 is 33.8 Å². The molecule has 4 N–H and O–H groups in total. The third-order valence-corrected chi connectivity index (χ3v) is 3.06. The lowest BCUT2D eigenvalue weighted by molar-refractivity contribution is -0.147. The van der Waals surface area contributed by atoms with E-state index in [0.717, 1.165) is 6.92 Å². The summed E-state index contributed by atoms with van der Waals surface area (Å²) in [5, 5.41) is 11.1. The molecule has 0 aromatic rings. The Labute approximate surface area is 133 Å². The normalized spacial score (nSPS) is 13.0. The summed E-state index contributed by atoms with van der Waals surface area (Å²) in [6, 6.07) is -1.35. The minimum atomic E-state index is -1.35. The van der Waals surface area contributed by atoms with Crippen LogP contribution in [0, 0.1) is 11.8 Å². The number of Topliss-reactive ketones (excluding diaryl/α,β-unsaturated/α-hetero) is 1. The molecule has 0 fully saturated rings. The van der Waals surface area contributed by atoms with E-state index in [4.69, 9.17) is 10.8 Å². The number of ketones is 1. The number of carbonyl (C=O) groups excluding carboxylic acids is 4. The molecule has 2 amide bonds. The molecule has 23 heavy (non-hydrogen) atoms. The van der Waals surface area contributed by atoms with Gasteiger partial charge in [0.05, 0.1) is 6.42 Å². The van der Waals surface area contributed by atoms with Gasteiger partial charge in [-0.05, 0) is 5.92 Å². The van der Waals surface area contributed by atoms with Crippen molar-refractivity contribution in [2.24, 2.45) is 17.6 Å². The van der Waals surface area contributed by atoms with E-state index in [9.17, 15) is 24.0 Å². The standard InChI is InChI=1S/C14H22N2O7/c1-7(2)9(4-12(15)19)14(22)16-10(5-13(20)21)11(18)6-23-8(3)17/h7,9-10H,4-6H2,1-3H3,(H2,15,19)(H,16,22)(H,20,21). The molecule has 0 saturated heterocycles. The first kappa shape index (κ1) is 20.6. The van der Waals surface area contributed by atoms with Gasteiger partial charge in [0.2, 0.25) is 11.8 Å². The summed E-state index contributed by atoms with van der Waals surface area (Å²) in [4.78, 5) is 56.6. The van der Waals surface area contributed by atoms with Crippen LogP contribution in [0.4, 0.5) is 0 Å². The highest BCUT2D eigenvalue weighted by atomic mass is 16.5. The minimum absolute atomic E-state index is 0.221. The lowest BCUT2D eigenvalue weighted by Gasteiger charge is -2.22. The SMILES string of the molecule is CC(=O)OCC(=O)C(CC(=O)O)NC(=O)C(CC(N)=O)C(C)C. The molecule has 0 bridgehead atoms. The topological polar surface area (TPSA) is 153 Å². The van der Waals surface area contributed by atoms with E-state index in [1.165, 1.54) is 0 Å². The summed E-state index contributed by atoms with van der Waals surface area (Å²) in [5.74, 6) is -5.12. The number of hydrogen-bond donors (Lipinski definition) is 3. The number of carboxylic acids is 1. The van der Waals surface area contributed by atoms with Crippen molar-refractivity contribution in [1.29, 1.82) is 0 Å². The van der Waals surface area contributed by atoms with E-state index >= 15 is 0 Å². The van der Waals surface area contributed by atoms with Gasteiger partial charge < -0.3 is 20.9 Å². The van der Waals surface area contributed by atoms with Crippen molar-refractivity contribution in [3.63, 3.8) is 0 Å². The highest BCUT2D eigenvalue weighted by Crippen LogP contribution is 2.15. The molecule has 0 rings (SSSR count). The van der Waals surface area contributed by atoms with Gasteiger partial charge in [-0.3, -0.25) is 24.0 Å². The van der Waals surface area contributed by atoms with Crippen molar-refractivity contribution >= 4 is 29.5 Å². The van der Waals surface area contributed by atoms with Crippen molar-refractivity contribution in [3.05, 3.63) is 0 Å². The average molecular weight is 330 g/mol. The molecule has 0 heterocycles. The average Bonchev–Trinajstić information content (AvgIpc) is 2.40. The van der Waals surface area contributed by atoms with Crippen LogP contribution in [0.25, 0.3) is 0 Å². The Kier molecular flexibility index (Phi) is 8.53. The van der Waals surface area contributed by atoms with Crippen LogP contribution in [0.5, 0.6) is 0 Å². The summed E-state index contributed by atoms with van der Waals surface area (Å²) < 4.78 is 4.51. The van der Waals surface area contributed by atoms with Crippen LogP contribution in [0.1, 0.15) is 33.6 Å². The molecule has 130 valence electrons. The van der Waals surface area contributed by atoms with Gasteiger partial charge in [0.15, 0.2) is 12.4 Å². The zero-order valence-corrected chi connectivity index (χ0v) is 13.3. The molecular formula is C14H22N2O7. The quantitative estimate of drug-likeness (QED) is 0.444. The highest BCUT2D eigenvalue weighted by Gasteiger charge is 2.30. The largest absolute Gasteiger partial charge is 0.481 e. The van der Waals surface area contributed by atoms with Crippen LogP contribution < -0.4 is 11.1 Å². The Bertz CT molecular complexity index is 488. The van der Waals surface area contributed by atoms with Crippen LogP contribution in [-0.2, 0) is 28.7 Å². The van der Waals surface area contributed by atoms with Gasteiger partial charge in [0.25, 0.3) is 0 Å². The molecule has 0 aliphatic heterocycles. The second-order valence-corrected chi connectivity index (χ2v) is 5.43. The van der Waals surface area contributed by atoms with Crippen LogP contribution in [-0.4, -0.2) is 47.3 Å². The lowest BCUT2D eigenvalue weighted by Crippen LogP contribution is -2.47. The summed E-state index contributed by atoms with van der Waals surface area (Å²) in [5.41, 5.74) is 5.08. The van der Waals surface area contributed by atoms with E-state index in [0.29, 0.717) is 0 Å². The first-order valence-corrected chi connectivity index (χ1v) is 7.01.